The van der Waals surface area contributed by atoms with Crippen molar-refractivity contribution in [2.24, 2.45) is 0 Å². The molecule has 27 heavy (non-hydrogen) atoms. The molecule has 0 atom stereocenters. The summed E-state index contributed by atoms with van der Waals surface area (Å²) in [7, 11) is 1.65. The van der Waals surface area contributed by atoms with Crippen LogP contribution in [-0.4, -0.2) is 23.6 Å². The molecule has 0 unspecified atom stereocenters. The first-order chi connectivity index (χ1) is 13.0. The topological polar surface area (TPSA) is 59.1 Å². The Morgan fingerprint density at radius 1 is 1.07 bits per heavy atom. The van der Waals surface area contributed by atoms with Gasteiger partial charge in [0.2, 0.25) is 5.95 Å². The van der Waals surface area contributed by atoms with Gasteiger partial charge in [-0.15, -0.1) is 0 Å². The maximum absolute atomic E-state index is 13.3. The summed E-state index contributed by atoms with van der Waals surface area (Å²) < 4.78 is 18.4. The molecule has 0 bridgehead atoms. The summed E-state index contributed by atoms with van der Waals surface area (Å²) in [5.41, 5.74) is 2.66. The van der Waals surface area contributed by atoms with Gasteiger partial charge in [-0.3, -0.25) is 0 Å². The molecule has 0 aliphatic rings. The molecule has 0 amide bonds. The molecule has 5 nitrogen and oxygen atoms in total. The molecule has 2 N–H and O–H groups in total. The van der Waals surface area contributed by atoms with Crippen LogP contribution in [0.25, 0.3) is 0 Å². The van der Waals surface area contributed by atoms with E-state index < -0.39 is 5.82 Å². The molecule has 7 heteroatoms. The number of hydrogen-bond acceptors (Lipinski definition) is 5. The summed E-state index contributed by atoms with van der Waals surface area (Å²) in [4.78, 5) is 8.85. The summed E-state index contributed by atoms with van der Waals surface area (Å²) >= 11 is 5.82. The van der Waals surface area contributed by atoms with E-state index in [2.05, 4.69) is 20.6 Å². The van der Waals surface area contributed by atoms with Gasteiger partial charge in [-0.25, -0.2) is 9.37 Å². The second kappa shape index (κ2) is 8.68. The lowest BCUT2D eigenvalue weighted by atomic mass is 10.1. The summed E-state index contributed by atoms with van der Waals surface area (Å²) in [5, 5.41) is 6.41. The Kier molecular flexibility index (Phi) is 6.08. The Bertz CT molecular complexity index is 918. The maximum Gasteiger partial charge on any atom is 0.224 e. The standard InChI is InChI=1S/C20H20ClFN4O/c1-13-11-19(25-15-5-8-18(22)17(21)12-15)26-20(24-13)23-10-9-14-3-6-16(27-2)7-4-14/h3-8,11-12H,9-10H2,1-2H3,(H2,23,24,25,26). The largest absolute Gasteiger partial charge is 0.497 e. The second-order valence-corrected chi connectivity index (χ2v) is 6.40. The number of hydrogen-bond donors (Lipinski definition) is 2. The third-order valence-corrected chi connectivity index (χ3v) is 4.19. The van der Waals surface area contributed by atoms with E-state index in [1.807, 2.05) is 37.3 Å². The third kappa shape index (κ3) is 5.31. The minimum absolute atomic E-state index is 0.0589. The van der Waals surface area contributed by atoms with Crippen LogP contribution in [0.3, 0.4) is 0 Å². The molecule has 0 saturated carbocycles. The van der Waals surface area contributed by atoms with E-state index in [4.69, 9.17) is 16.3 Å². The van der Waals surface area contributed by atoms with Gasteiger partial charge in [-0.05, 0) is 49.2 Å². The summed E-state index contributed by atoms with van der Waals surface area (Å²) in [5.74, 6) is 1.52. The SMILES string of the molecule is COc1ccc(CCNc2nc(C)cc(Nc3ccc(F)c(Cl)c3)n2)cc1. The molecule has 140 valence electrons. The number of rotatable bonds is 7. The van der Waals surface area contributed by atoms with Crippen molar-refractivity contribution >= 4 is 29.1 Å². The maximum atomic E-state index is 13.3. The van der Waals surface area contributed by atoms with Crippen molar-refractivity contribution in [1.82, 2.24) is 9.97 Å². The van der Waals surface area contributed by atoms with Gasteiger partial charge in [0, 0.05) is 24.0 Å². The van der Waals surface area contributed by atoms with Gasteiger partial charge in [0.1, 0.15) is 17.4 Å². The highest BCUT2D eigenvalue weighted by Gasteiger charge is 2.05. The highest BCUT2D eigenvalue weighted by Crippen LogP contribution is 2.22. The fraction of sp³-hybridized carbons (Fsp3) is 0.200. The number of halogens is 2. The fourth-order valence-corrected chi connectivity index (χ4v) is 2.72. The zero-order valence-corrected chi connectivity index (χ0v) is 15.8. The van der Waals surface area contributed by atoms with Gasteiger partial charge in [0.15, 0.2) is 0 Å². The van der Waals surface area contributed by atoms with Gasteiger partial charge in [-0.1, -0.05) is 23.7 Å². The van der Waals surface area contributed by atoms with Crippen LogP contribution in [0.15, 0.2) is 48.5 Å². The minimum Gasteiger partial charge on any atom is -0.497 e. The van der Waals surface area contributed by atoms with Crippen molar-refractivity contribution in [1.29, 1.82) is 0 Å². The average molecular weight is 387 g/mol. The molecule has 1 aromatic heterocycles. The van der Waals surface area contributed by atoms with E-state index in [9.17, 15) is 4.39 Å². The van der Waals surface area contributed by atoms with Gasteiger partial charge in [0.05, 0.1) is 12.1 Å². The summed E-state index contributed by atoms with van der Waals surface area (Å²) in [6, 6.07) is 14.2. The molecule has 0 aliphatic carbocycles. The number of benzene rings is 2. The number of aryl methyl sites for hydroxylation is 1. The number of nitrogens with one attached hydrogen (secondary N) is 2. The minimum atomic E-state index is -0.457. The van der Waals surface area contributed by atoms with E-state index in [0.29, 0.717) is 24.0 Å². The van der Waals surface area contributed by atoms with E-state index in [0.717, 1.165) is 17.9 Å². The van der Waals surface area contributed by atoms with Crippen molar-refractivity contribution in [3.8, 4) is 5.75 Å². The quantitative estimate of drug-likeness (QED) is 0.599. The van der Waals surface area contributed by atoms with E-state index in [1.54, 1.807) is 13.2 Å². The predicted molar refractivity (Wildman–Crippen MR) is 107 cm³/mol. The van der Waals surface area contributed by atoms with Crippen LogP contribution in [0.4, 0.5) is 21.8 Å². The molecule has 0 fully saturated rings. The molecular formula is C20H20ClFN4O. The number of aromatic nitrogens is 2. The van der Waals surface area contributed by atoms with Crippen LogP contribution in [0.2, 0.25) is 5.02 Å². The van der Waals surface area contributed by atoms with E-state index in [1.165, 1.54) is 17.7 Å². The number of methoxy groups -OCH3 is 1. The lowest BCUT2D eigenvalue weighted by Gasteiger charge is -2.10. The van der Waals surface area contributed by atoms with Gasteiger partial charge in [-0.2, -0.15) is 4.98 Å². The Hall–Kier alpha value is -2.86. The number of anilines is 3. The Balaban J connectivity index is 1.62. The summed E-state index contributed by atoms with van der Waals surface area (Å²) in [6.45, 7) is 2.58. The fourth-order valence-electron chi connectivity index (χ4n) is 2.54. The van der Waals surface area contributed by atoms with Crippen LogP contribution in [-0.2, 0) is 6.42 Å². The molecule has 0 radical (unpaired) electrons. The van der Waals surface area contributed by atoms with Crippen LogP contribution in [0, 0.1) is 12.7 Å². The predicted octanol–water partition coefficient (Wildman–Crippen LogP) is 4.98. The van der Waals surface area contributed by atoms with Crippen LogP contribution < -0.4 is 15.4 Å². The second-order valence-electron chi connectivity index (χ2n) is 6.00. The molecule has 3 aromatic rings. The zero-order valence-electron chi connectivity index (χ0n) is 15.1. The monoisotopic (exact) mass is 386 g/mol. The van der Waals surface area contributed by atoms with Gasteiger partial charge >= 0.3 is 0 Å². The van der Waals surface area contributed by atoms with Crippen molar-refractivity contribution in [3.63, 3.8) is 0 Å². The Morgan fingerprint density at radius 2 is 1.85 bits per heavy atom. The normalized spacial score (nSPS) is 10.5. The highest BCUT2D eigenvalue weighted by atomic mass is 35.5. The van der Waals surface area contributed by atoms with Crippen LogP contribution in [0.1, 0.15) is 11.3 Å². The van der Waals surface area contributed by atoms with Crippen molar-refractivity contribution in [2.75, 3.05) is 24.3 Å². The first-order valence-electron chi connectivity index (χ1n) is 8.48. The highest BCUT2D eigenvalue weighted by molar-refractivity contribution is 6.31. The van der Waals surface area contributed by atoms with Crippen molar-refractivity contribution < 1.29 is 9.13 Å². The lowest BCUT2D eigenvalue weighted by Crippen LogP contribution is -2.09. The molecule has 2 aromatic carbocycles. The molecule has 3 rings (SSSR count). The Morgan fingerprint density at radius 3 is 2.56 bits per heavy atom. The first kappa shape index (κ1) is 18.9. The van der Waals surface area contributed by atoms with Crippen molar-refractivity contribution in [3.05, 3.63) is 70.6 Å². The number of nitrogens with zero attached hydrogens (tertiary/aromatic N) is 2. The molecule has 1 heterocycles. The first-order valence-corrected chi connectivity index (χ1v) is 8.86. The molecule has 0 saturated heterocycles. The lowest BCUT2D eigenvalue weighted by molar-refractivity contribution is 0.414. The molecule has 0 spiro atoms. The van der Waals surface area contributed by atoms with Gasteiger partial charge in [0.25, 0.3) is 0 Å². The van der Waals surface area contributed by atoms with Crippen molar-refractivity contribution in [2.45, 2.75) is 13.3 Å². The zero-order chi connectivity index (χ0) is 19.2. The van der Waals surface area contributed by atoms with Crippen LogP contribution >= 0.6 is 11.6 Å². The van der Waals surface area contributed by atoms with Gasteiger partial charge < -0.3 is 15.4 Å². The van der Waals surface area contributed by atoms with Crippen LogP contribution in [0.5, 0.6) is 5.75 Å². The Labute approximate surface area is 162 Å². The smallest absolute Gasteiger partial charge is 0.224 e. The average Bonchev–Trinajstić information content (AvgIpc) is 2.65. The molecule has 0 aliphatic heterocycles. The number of ether oxygens (including phenoxy) is 1. The molecular weight excluding hydrogens is 367 g/mol. The third-order valence-electron chi connectivity index (χ3n) is 3.90. The van der Waals surface area contributed by atoms with E-state index in [-0.39, 0.29) is 5.02 Å². The van der Waals surface area contributed by atoms with E-state index >= 15 is 0 Å². The summed E-state index contributed by atoms with van der Waals surface area (Å²) in [6.07, 6.45) is 0.831.